The smallest absolute Gasteiger partial charge is 0.136 e. The molecule has 0 aliphatic carbocycles. The van der Waals surface area contributed by atoms with Gasteiger partial charge >= 0.3 is 0 Å². The van der Waals surface area contributed by atoms with E-state index in [-0.39, 0.29) is 0 Å². The molecular weight excluding hydrogens is 609 g/mol. The second kappa shape index (κ2) is 10.4. The first kappa shape index (κ1) is 27.3. The second-order valence-electron chi connectivity index (χ2n) is 13.2. The van der Waals surface area contributed by atoms with E-state index in [4.69, 9.17) is 9.15 Å². The molecule has 1 aliphatic heterocycles. The highest BCUT2D eigenvalue weighted by Gasteiger charge is 2.24. The van der Waals surface area contributed by atoms with Crippen molar-refractivity contribution in [2.45, 2.75) is 0 Å². The summed E-state index contributed by atoms with van der Waals surface area (Å²) in [7, 11) is 0. The molecule has 2 nitrogen and oxygen atoms in total. The van der Waals surface area contributed by atoms with Crippen LogP contribution in [0.3, 0.4) is 0 Å². The van der Waals surface area contributed by atoms with Crippen LogP contribution in [0.15, 0.2) is 174 Å². The number of hydrogen-bond donors (Lipinski definition) is 0. The molecule has 0 spiro atoms. The maximum absolute atomic E-state index is 6.69. The fourth-order valence-corrected chi connectivity index (χ4v) is 8.10. The van der Waals surface area contributed by atoms with Crippen LogP contribution in [0.25, 0.3) is 98.8 Å². The molecule has 1 aromatic heterocycles. The summed E-state index contributed by atoms with van der Waals surface area (Å²) in [5.74, 6) is 1.74. The molecule has 9 aromatic carbocycles. The van der Waals surface area contributed by atoms with Crippen LogP contribution in [0, 0.1) is 0 Å². The number of furan rings is 1. The van der Waals surface area contributed by atoms with E-state index in [1.807, 2.05) is 0 Å². The molecule has 10 aromatic rings. The predicted octanol–water partition coefficient (Wildman–Crippen LogP) is 13.8. The van der Waals surface area contributed by atoms with E-state index in [0.717, 1.165) is 72.0 Å². The van der Waals surface area contributed by atoms with Crippen molar-refractivity contribution < 1.29 is 9.15 Å². The molecule has 232 valence electrons. The summed E-state index contributed by atoms with van der Waals surface area (Å²) in [6.07, 6.45) is 0. The zero-order valence-electron chi connectivity index (χ0n) is 27.0. The zero-order chi connectivity index (χ0) is 32.8. The van der Waals surface area contributed by atoms with Crippen LogP contribution in [0.5, 0.6) is 11.5 Å². The van der Waals surface area contributed by atoms with Crippen molar-refractivity contribution in [1.82, 2.24) is 0 Å². The number of benzene rings is 9. The van der Waals surface area contributed by atoms with Crippen LogP contribution in [-0.4, -0.2) is 0 Å². The Morgan fingerprint density at radius 1 is 0.300 bits per heavy atom. The van der Waals surface area contributed by atoms with Crippen molar-refractivity contribution in [3.63, 3.8) is 0 Å². The maximum atomic E-state index is 6.69. The van der Waals surface area contributed by atoms with Crippen LogP contribution in [0.1, 0.15) is 0 Å². The lowest BCUT2D eigenvalue weighted by Crippen LogP contribution is -1.97. The van der Waals surface area contributed by atoms with Gasteiger partial charge in [0.05, 0.1) is 0 Å². The number of fused-ring (bicyclic) bond motifs is 8. The molecule has 2 heteroatoms. The average molecular weight is 637 g/mol. The first-order valence-corrected chi connectivity index (χ1v) is 17.1. The third-order valence-corrected chi connectivity index (χ3v) is 10.5. The fraction of sp³-hybridized carbons (Fsp3) is 0. The van der Waals surface area contributed by atoms with Crippen molar-refractivity contribution in [1.29, 1.82) is 0 Å². The van der Waals surface area contributed by atoms with Gasteiger partial charge in [-0.3, -0.25) is 0 Å². The lowest BCUT2D eigenvalue weighted by molar-refractivity contribution is 0.487. The van der Waals surface area contributed by atoms with Crippen LogP contribution in [-0.2, 0) is 0 Å². The van der Waals surface area contributed by atoms with E-state index in [1.54, 1.807) is 0 Å². The summed E-state index contributed by atoms with van der Waals surface area (Å²) >= 11 is 0. The monoisotopic (exact) mass is 636 g/mol. The fourth-order valence-electron chi connectivity index (χ4n) is 8.10. The molecule has 11 rings (SSSR count). The standard InChI is InChI=1S/C48H28O2/c1-3-12-35-30(8-1)10-5-14-37(35)32-20-18-29(19-21-32)33-22-25-40-45(26-33)50-46-28-42-39-24-23-34(38-15-6-11-31-9-2-4-13-36(31)38)27-44(39)49-43-17-7-16-41(47(40)46)48(42)43/h1-28H. The maximum Gasteiger partial charge on any atom is 0.136 e. The SMILES string of the molecule is c1ccc2c(-c3ccc(-c4ccc5c(c4)oc4cc6c7c(cccc7c45)Oc4cc(-c5cccc7ccccc57)ccc4-6)cc3)cccc2c1. The lowest BCUT2D eigenvalue weighted by atomic mass is 9.90. The molecule has 0 amide bonds. The highest BCUT2D eigenvalue weighted by molar-refractivity contribution is 6.24. The Morgan fingerprint density at radius 2 is 0.920 bits per heavy atom. The molecule has 0 unspecified atom stereocenters. The molecule has 0 N–H and O–H groups in total. The highest BCUT2D eigenvalue weighted by Crippen LogP contribution is 2.51. The molecule has 0 saturated carbocycles. The van der Waals surface area contributed by atoms with Crippen molar-refractivity contribution in [2.75, 3.05) is 0 Å². The van der Waals surface area contributed by atoms with Gasteiger partial charge in [-0.25, -0.2) is 0 Å². The Kier molecular flexibility index (Phi) is 5.70. The van der Waals surface area contributed by atoms with E-state index < -0.39 is 0 Å². The Morgan fingerprint density at radius 3 is 1.70 bits per heavy atom. The molecule has 1 aliphatic rings. The molecule has 0 atom stereocenters. The Bertz CT molecular complexity index is 2990. The lowest BCUT2D eigenvalue weighted by Gasteiger charge is -2.22. The normalized spacial score (nSPS) is 12.2. The van der Waals surface area contributed by atoms with E-state index in [0.29, 0.717) is 0 Å². The van der Waals surface area contributed by atoms with E-state index in [9.17, 15) is 0 Å². The summed E-state index contributed by atoms with van der Waals surface area (Å²) in [5, 5.41) is 9.48. The van der Waals surface area contributed by atoms with Crippen molar-refractivity contribution in [2.24, 2.45) is 0 Å². The molecule has 50 heavy (non-hydrogen) atoms. The molecule has 0 bridgehead atoms. The van der Waals surface area contributed by atoms with Crippen molar-refractivity contribution in [3.8, 4) is 56.0 Å². The number of ether oxygens (including phenoxy) is 1. The minimum Gasteiger partial charge on any atom is -0.456 e. The molecule has 2 heterocycles. The number of rotatable bonds is 3. The Labute approximate surface area is 288 Å². The average Bonchev–Trinajstić information content (AvgIpc) is 3.55. The van der Waals surface area contributed by atoms with Crippen molar-refractivity contribution >= 4 is 54.3 Å². The van der Waals surface area contributed by atoms with E-state index in [2.05, 4.69) is 170 Å². The second-order valence-corrected chi connectivity index (χ2v) is 13.2. The van der Waals surface area contributed by atoms with Gasteiger partial charge in [0, 0.05) is 27.3 Å². The third-order valence-electron chi connectivity index (χ3n) is 10.5. The van der Waals surface area contributed by atoms with Gasteiger partial charge in [-0.05, 0) is 96.7 Å². The molecule has 0 fully saturated rings. The molecule has 0 saturated heterocycles. The Balaban J connectivity index is 1.02. The van der Waals surface area contributed by atoms with E-state index >= 15 is 0 Å². The van der Waals surface area contributed by atoms with Gasteiger partial charge < -0.3 is 9.15 Å². The first-order chi connectivity index (χ1) is 24.8. The van der Waals surface area contributed by atoms with Gasteiger partial charge in [-0.15, -0.1) is 0 Å². The summed E-state index contributed by atoms with van der Waals surface area (Å²) in [4.78, 5) is 0. The van der Waals surface area contributed by atoms with Crippen LogP contribution in [0.2, 0.25) is 0 Å². The van der Waals surface area contributed by atoms with Crippen LogP contribution < -0.4 is 4.74 Å². The van der Waals surface area contributed by atoms with Gasteiger partial charge in [0.2, 0.25) is 0 Å². The summed E-state index contributed by atoms with van der Waals surface area (Å²) in [5.41, 5.74) is 11.1. The molecule has 0 radical (unpaired) electrons. The van der Waals surface area contributed by atoms with Crippen LogP contribution in [0.4, 0.5) is 0 Å². The first-order valence-electron chi connectivity index (χ1n) is 17.1. The summed E-state index contributed by atoms with van der Waals surface area (Å²) in [6.45, 7) is 0. The van der Waals surface area contributed by atoms with Gasteiger partial charge in [-0.1, -0.05) is 133 Å². The van der Waals surface area contributed by atoms with E-state index in [1.165, 1.54) is 38.2 Å². The van der Waals surface area contributed by atoms with Crippen LogP contribution >= 0.6 is 0 Å². The van der Waals surface area contributed by atoms with Crippen molar-refractivity contribution in [3.05, 3.63) is 170 Å². The highest BCUT2D eigenvalue weighted by atomic mass is 16.5. The largest absolute Gasteiger partial charge is 0.456 e. The quantitative estimate of drug-likeness (QED) is 0.193. The summed E-state index contributed by atoms with van der Waals surface area (Å²) < 4.78 is 13.4. The van der Waals surface area contributed by atoms with Gasteiger partial charge in [0.25, 0.3) is 0 Å². The Hall–Kier alpha value is -6.64. The third kappa shape index (κ3) is 4.03. The summed E-state index contributed by atoms with van der Waals surface area (Å²) in [6, 6.07) is 60.7. The van der Waals surface area contributed by atoms with Gasteiger partial charge in [0.15, 0.2) is 0 Å². The predicted molar refractivity (Wildman–Crippen MR) is 208 cm³/mol. The topological polar surface area (TPSA) is 22.4 Å². The minimum absolute atomic E-state index is 0.861. The van der Waals surface area contributed by atoms with Gasteiger partial charge in [0.1, 0.15) is 22.7 Å². The van der Waals surface area contributed by atoms with Gasteiger partial charge in [-0.2, -0.15) is 0 Å². The zero-order valence-corrected chi connectivity index (χ0v) is 27.0. The minimum atomic E-state index is 0.861. The number of hydrogen-bond acceptors (Lipinski definition) is 2. The molecular formula is C48H28O2.